The Kier molecular flexibility index (Phi) is 4.48. The predicted molar refractivity (Wildman–Crippen MR) is 116 cm³/mol. The van der Waals surface area contributed by atoms with Crippen LogP contribution in [0.3, 0.4) is 0 Å². The van der Waals surface area contributed by atoms with Crippen molar-refractivity contribution in [2.24, 2.45) is 0 Å². The number of piperazine rings is 1. The number of fused-ring (bicyclic) bond motifs is 5. The zero-order valence-corrected chi connectivity index (χ0v) is 17.9. The van der Waals surface area contributed by atoms with Crippen molar-refractivity contribution in [2.45, 2.75) is 63.1 Å². The van der Waals surface area contributed by atoms with Crippen LogP contribution >= 0.6 is 11.6 Å². The van der Waals surface area contributed by atoms with Crippen molar-refractivity contribution in [3.63, 3.8) is 0 Å². The number of amides is 2. The van der Waals surface area contributed by atoms with Crippen molar-refractivity contribution in [3.05, 3.63) is 22.5 Å². The van der Waals surface area contributed by atoms with E-state index in [1.54, 1.807) is 0 Å². The number of anilines is 1. The van der Waals surface area contributed by atoms with Gasteiger partial charge in [-0.15, -0.1) is 0 Å². The van der Waals surface area contributed by atoms with Crippen LogP contribution in [0.2, 0.25) is 5.02 Å². The zero-order valence-electron chi connectivity index (χ0n) is 17.2. The molecule has 3 aliphatic heterocycles. The molecule has 4 heterocycles. The first-order valence-corrected chi connectivity index (χ1v) is 11.7. The van der Waals surface area contributed by atoms with E-state index in [0.717, 1.165) is 74.4 Å². The van der Waals surface area contributed by atoms with Gasteiger partial charge >= 0.3 is 6.03 Å². The molecule has 160 valence electrons. The summed E-state index contributed by atoms with van der Waals surface area (Å²) in [6.07, 6.45) is 7.78. The number of urea groups is 1. The lowest BCUT2D eigenvalue weighted by Gasteiger charge is -2.42. The van der Waals surface area contributed by atoms with Crippen LogP contribution in [-0.2, 0) is 12.1 Å². The normalized spacial score (nSPS) is 26.4. The van der Waals surface area contributed by atoms with Gasteiger partial charge < -0.3 is 15.1 Å². The molecule has 2 aromatic rings. The molecule has 1 aliphatic carbocycles. The van der Waals surface area contributed by atoms with E-state index in [2.05, 4.69) is 20.4 Å². The molecule has 1 spiro atoms. The summed E-state index contributed by atoms with van der Waals surface area (Å²) in [6.45, 7) is 5.23. The summed E-state index contributed by atoms with van der Waals surface area (Å²) < 4.78 is 6.38. The summed E-state index contributed by atoms with van der Waals surface area (Å²) in [5.74, 6) is 0.740. The Balaban J connectivity index is 1.37. The van der Waals surface area contributed by atoms with Crippen molar-refractivity contribution in [1.82, 2.24) is 20.1 Å². The number of oxazole rings is 1. The zero-order chi connectivity index (χ0) is 20.3. The lowest BCUT2D eigenvalue weighted by molar-refractivity contribution is 0.0931. The van der Waals surface area contributed by atoms with Gasteiger partial charge in [0.25, 0.3) is 0 Å². The van der Waals surface area contributed by atoms with Crippen molar-refractivity contribution in [2.75, 3.05) is 31.5 Å². The third-order valence-corrected chi connectivity index (χ3v) is 7.78. The van der Waals surface area contributed by atoms with Gasteiger partial charge in [0.15, 0.2) is 5.58 Å². The van der Waals surface area contributed by atoms with Crippen molar-refractivity contribution < 1.29 is 9.21 Å². The minimum absolute atomic E-state index is 0.181. The summed E-state index contributed by atoms with van der Waals surface area (Å²) in [7, 11) is 0. The second-order valence-electron chi connectivity index (χ2n) is 9.35. The number of hydrogen-bond donors (Lipinski definition) is 2. The van der Waals surface area contributed by atoms with E-state index in [1.165, 1.54) is 25.8 Å². The van der Waals surface area contributed by atoms with Crippen LogP contribution in [0, 0.1) is 0 Å². The van der Waals surface area contributed by atoms with E-state index in [0.29, 0.717) is 16.8 Å². The predicted octanol–water partition coefficient (Wildman–Crippen LogP) is 4.06. The Bertz CT molecular complexity index is 999. The maximum atomic E-state index is 12.4. The van der Waals surface area contributed by atoms with E-state index in [-0.39, 0.29) is 6.03 Å². The molecule has 2 amide bonds. The molecule has 4 aliphatic rings. The highest BCUT2D eigenvalue weighted by atomic mass is 35.5. The second-order valence-corrected chi connectivity index (χ2v) is 9.76. The van der Waals surface area contributed by atoms with E-state index in [9.17, 15) is 4.79 Å². The summed E-state index contributed by atoms with van der Waals surface area (Å²) in [5.41, 5.74) is 2.83. The number of carbonyl (C=O) groups excluding carboxylic acids is 1. The van der Waals surface area contributed by atoms with Crippen LogP contribution in [0.15, 0.2) is 10.5 Å². The first-order valence-electron chi connectivity index (χ1n) is 11.3. The van der Waals surface area contributed by atoms with Gasteiger partial charge in [-0.25, -0.2) is 9.78 Å². The van der Waals surface area contributed by atoms with E-state index in [4.69, 9.17) is 21.0 Å². The molecule has 2 N–H and O–H groups in total. The molecule has 1 aromatic heterocycles. The average molecular weight is 430 g/mol. The molecule has 1 atom stereocenters. The summed E-state index contributed by atoms with van der Waals surface area (Å²) in [4.78, 5) is 22.3. The molecule has 3 fully saturated rings. The fraction of sp³-hybridized carbons (Fsp3) is 0.636. The first-order chi connectivity index (χ1) is 14.6. The molecule has 0 unspecified atom stereocenters. The van der Waals surface area contributed by atoms with Crippen molar-refractivity contribution in [3.8, 4) is 0 Å². The molecule has 1 aromatic carbocycles. The van der Waals surface area contributed by atoms with Gasteiger partial charge in [0.05, 0.1) is 22.8 Å². The molecule has 0 radical (unpaired) electrons. The van der Waals surface area contributed by atoms with Crippen molar-refractivity contribution in [1.29, 1.82) is 0 Å². The van der Waals surface area contributed by atoms with Gasteiger partial charge in [0, 0.05) is 31.2 Å². The third kappa shape index (κ3) is 3.01. The molecule has 8 heteroatoms. The molecule has 30 heavy (non-hydrogen) atoms. The van der Waals surface area contributed by atoms with Gasteiger partial charge in [-0.2, -0.15) is 0 Å². The number of benzene rings is 1. The standard InChI is InChI=1S/C22H28ClN5O2/c23-15-11-16-20(18-19(15)25-21(29)26-22(18)6-2-1-3-7-22)30-17(24-16)13-27-9-10-28-8-4-5-14(28)12-27/h11,14H,1-10,12-13H2,(H2,25,26,29)/t14-/m0/s1. The van der Waals surface area contributed by atoms with Crippen LogP contribution in [0.5, 0.6) is 0 Å². The lowest BCUT2D eigenvalue weighted by Crippen LogP contribution is -2.52. The summed E-state index contributed by atoms with van der Waals surface area (Å²) in [5, 5.41) is 6.67. The smallest absolute Gasteiger partial charge is 0.319 e. The number of aromatic nitrogens is 1. The number of nitrogens with zero attached hydrogens (tertiary/aromatic N) is 3. The number of nitrogens with one attached hydrogen (secondary N) is 2. The SMILES string of the molecule is O=C1Nc2c(Cl)cc3nc(CN4CCN5CCC[C@H]5C4)oc3c2C2(CCCCC2)N1. The van der Waals surface area contributed by atoms with Gasteiger partial charge in [0.1, 0.15) is 5.52 Å². The van der Waals surface area contributed by atoms with Gasteiger partial charge in [-0.05, 0) is 38.3 Å². The van der Waals surface area contributed by atoms with E-state index >= 15 is 0 Å². The second kappa shape index (κ2) is 7.11. The molecule has 7 nitrogen and oxygen atoms in total. The Hall–Kier alpha value is -1.83. The number of carbonyl (C=O) groups is 1. The van der Waals surface area contributed by atoms with Gasteiger partial charge in [-0.1, -0.05) is 30.9 Å². The molecule has 1 saturated carbocycles. The molecule has 0 bridgehead atoms. The van der Waals surface area contributed by atoms with Crippen LogP contribution < -0.4 is 10.6 Å². The fourth-order valence-corrected chi connectivity index (χ4v) is 6.32. The molecule has 2 saturated heterocycles. The van der Waals surface area contributed by atoms with Crippen LogP contribution in [-0.4, -0.2) is 53.0 Å². The van der Waals surface area contributed by atoms with E-state index in [1.807, 2.05) is 6.07 Å². The highest BCUT2D eigenvalue weighted by molar-refractivity contribution is 6.35. The van der Waals surface area contributed by atoms with Gasteiger partial charge in [0.2, 0.25) is 5.89 Å². The van der Waals surface area contributed by atoms with E-state index < -0.39 is 5.54 Å². The Labute approximate surface area is 181 Å². The van der Waals surface area contributed by atoms with Crippen LogP contribution in [0.4, 0.5) is 10.5 Å². The summed E-state index contributed by atoms with van der Waals surface area (Å²) in [6, 6.07) is 2.33. The third-order valence-electron chi connectivity index (χ3n) is 7.48. The first kappa shape index (κ1) is 18.9. The summed E-state index contributed by atoms with van der Waals surface area (Å²) >= 11 is 6.61. The number of halogens is 1. The topological polar surface area (TPSA) is 73.6 Å². The Morgan fingerprint density at radius 2 is 2.07 bits per heavy atom. The van der Waals surface area contributed by atoms with Gasteiger partial charge in [-0.3, -0.25) is 9.80 Å². The molecular formula is C22H28ClN5O2. The quantitative estimate of drug-likeness (QED) is 0.753. The Morgan fingerprint density at radius 3 is 2.93 bits per heavy atom. The van der Waals surface area contributed by atoms with Crippen LogP contribution in [0.25, 0.3) is 11.1 Å². The number of rotatable bonds is 2. The highest BCUT2D eigenvalue weighted by Crippen LogP contribution is 2.48. The Morgan fingerprint density at radius 1 is 1.20 bits per heavy atom. The average Bonchev–Trinajstić information content (AvgIpc) is 3.34. The van der Waals surface area contributed by atoms with Crippen LogP contribution in [0.1, 0.15) is 56.4 Å². The lowest BCUT2D eigenvalue weighted by atomic mass is 9.74. The minimum Gasteiger partial charge on any atom is -0.439 e. The number of hydrogen-bond acceptors (Lipinski definition) is 5. The molecular weight excluding hydrogens is 402 g/mol. The maximum absolute atomic E-state index is 12.4. The minimum atomic E-state index is -0.411. The maximum Gasteiger partial charge on any atom is 0.319 e. The fourth-order valence-electron chi connectivity index (χ4n) is 6.07. The highest BCUT2D eigenvalue weighted by Gasteiger charge is 2.44. The monoisotopic (exact) mass is 429 g/mol. The largest absolute Gasteiger partial charge is 0.439 e. The molecule has 6 rings (SSSR count). The van der Waals surface area contributed by atoms with Crippen molar-refractivity contribution >= 4 is 34.4 Å².